The fourth-order valence-corrected chi connectivity index (χ4v) is 4.30. The van der Waals surface area contributed by atoms with Gasteiger partial charge in [0.2, 0.25) is 0 Å². The van der Waals surface area contributed by atoms with E-state index < -0.39 is 5.66 Å². The lowest BCUT2D eigenvalue weighted by atomic mass is 9.89. The van der Waals surface area contributed by atoms with Crippen molar-refractivity contribution in [1.29, 1.82) is 0 Å². The SMILES string of the molecule is CCCCCCCOc1ccc(C2(CC)Nc3ccccc3C(=O)N2CCOC)cc1. The normalized spacial score (nSPS) is 17.9. The standard InChI is InChI=1S/C26H36N2O3/c1-4-6-7-8-11-19-31-22-16-14-21(15-17-22)26(5-2)27-24-13-10-9-12-23(24)25(29)28(26)18-20-30-3/h9-10,12-17,27H,4-8,11,18-20H2,1-3H3. The number of carbonyl (C=O) groups is 1. The zero-order valence-electron chi connectivity index (χ0n) is 19.2. The lowest BCUT2D eigenvalue weighted by Crippen LogP contribution is -2.58. The van der Waals surface area contributed by atoms with E-state index in [0.717, 1.165) is 36.4 Å². The molecule has 1 heterocycles. The van der Waals surface area contributed by atoms with E-state index >= 15 is 0 Å². The molecule has 0 bridgehead atoms. The van der Waals surface area contributed by atoms with Crippen molar-refractivity contribution in [3.05, 3.63) is 59.7 Å². The van der Waals surface area contributed by atoms with Gasteiger partial charge in [0, 0.05) is 19.3 Å². The Kier molecular flexibility index (Phi) is 8.35. The molecule has 0 radical (unpaired) electrons. The van der Waals surface area contributed by atoms with E-state index in [1.165, 1.54) is 25.7 Å². The van der Waals surface area contributed by atoms with Gasteiger partial charge in [-0.05, 0) is 42.7 Å². The minimum absolute atomic E-state index is 0.0284. The Morgan fingerprint density at radius 1 is 0.935 bits per heavy atom. The second kappa shape index (κ2) is 11.2. The molecule has 31 heavy (non-hydrogen) atoms. The van der Waals surface area contributed by atoms with Crippen LogP contribution in [0.3, 0.4) is 0 Å². The van der Waals surface area contributed by atoms with Crippen LogP contribution >= 0.6 is 0 Å². The quantitative estimate of drug-likeness (QED) is 0.437. The van der Waals surface area contributed by atoms with E-state index in [-0.39, 0.29) is 5.91 Å². The lowest BCUT2D eigenvalue weighted by molar-refractivity contribution is 0.0381. The summed E-state index contributed by atoms with van der Waals surface area (Å²) in [6.07, 6.45) is 6.85. The summed E-state index contributed by atoms with van der Waals surface area (Å²) in [6.45, 7) is 6.07. The highest BCUT2D eigenvalue weighted by atomic mass is 16.5. The van der Waals surface area contributed by atoms with Crippen LogP contribution in [0.15, 0.2) is 48.5 Å². The zero-order valence-corrected chi connectivity index (χ0v) is 19.2. The molecule has 1 atom stereocenters. The van der Waals surface area contributed by atoms with Crippen molar-refractivity contribution in [2.75, 3.05) is 32.2 Å². The Hall–Kier alpha value is -2.53. The van der Waals surface area contributed by atoms with Gasteiger partial charge in [0.25, 0.3) is 5.91 Å². The van der Waals surface area contributed by atoms with Crippen molar-refractivity contribution in [3.8, 4) is 5.75 Å². The lowest BCUT2D eigenvalue weighted by Gasteiger charge is -2.48. The molecule has 1 aliphatic rings. The average molecular weight is 425 g/mol. The minimum atomic E-state index is -0.622. The Morgan fingerprint density at radius 3 is 2.39 bits per heavy atom. The number of unbranched alkanes of at least 4 members (excludes halogenated alkanes) is 4. The van der Waals surface area contributed by atoms with Crippen molar-refractivity contribution in [2.24, 2.45) is 0 Å². The van der Waals surface area contributed by atoms with Gasteiger partial charge in [0.15, 0.2) is 0 Å². The van der Waals surface area contributed by atoms with E-state index in [1.54, 1.807) is 7.11 Å². The molecule has 0 fully saturated rings. The van der Waals surface area contributed by atoms with Gasteiger partial charge >= 0.3 is 0 Å². The van der Waals surface area contributed by atoms with Crippen LogP contribution in [-0.4, -0.2) is 37.7 Å². The van der Waals surface area contributed by atoms with Crippen LogP contribution in [0.4, 0.5) is 5.69 Å². The third kappa shape index (κ3) is 5.21. The van der Waals surface area contributed by atoms with E-state index in [2.05, 4.69) is 31.3 Å². The monoisotopic (exact) mass is 424 g/mol. The van der Waals surface area contributed by atoms with Crippen molar-refractivity contribution in [1.82, 2.24) is 4.90 Å². The first-order chi connectivity index (χ1) is 15.2. The Morgan fingerprint density at radius 2 is 1.68 bits per heavy atom. The highest BCUT2D eigenvalue weighted by molar-refractivity contribution is 6.02. The van der Waals surface area contributed by atoms with Crippen LogP contribution < -0.4 is 10.1 Å². The van der Waals surface area contributed by atoms with Gasteiger partial charge in [-0.2, -0.15) is 0 Å². The van der Waals surface area contributed by atoms with Crippen LogP contribution in [0.25, 0.3) is 0 Å². The van der Waals surface area contributed by atoms with Crippen molar-refractivity contribution in [3.63, 3.8) is 0 Å². The Balaban J connectivity index is 1.79. The van der Waals surface area contributed by atoms with Gasteiger partial charge in [-0.3, -0.25) is 4.79 Å². The number of nitrogens with zero attached hydrogens (tertiary/aromatic N) is 1. The Labute approximate surface area is 186 Å². The number of benzene rings is 2. The number of hydrogen-bond acceptors (Lipinski definition) is 4. The first-order valence-electron chi connectivity index (χ1n) is 11.6. The van der Waals surface area contributed by atoms with Crippen molar-refractivity contribution >= 4 is 11.6 Å². The largest absolute Gasteiger partial charge is 0.494 e. The Bertz CT molecular complexity index is 837. The number of rotatable bonds is 12. The molecule has 1 aliphatic heterocycles. The highest BCUT2D eigenvalue weighted by Gasteiger charge is 2.44. The molecule has 0 aliphatic carbocycles. The molecular weight excluding hydrogens is 388 g/mol. The van der Waals surface area contributed by atoms with Gasteiger partial charge < -0.3 is 19.7 Å². The molecule has 1 N–H and O–H groups in total. The molecule has 2 aromatic carbocycles. The summed E-state index contributed by atoms with van der Waals surface area (Å²) in [6, 6.07) is 15.9. The summed E-state index contributed by atoms with van der Waals surface area (Å²) in [5.74, 6) is 0.900. The molecule has 0 spiro atoms. The fraction of sp³-hybridized carbons (Fsp3) is 0.500. The topological polar surface area (TPSA) is 50.8 Å². The number of nitrogens with one attached hydrogen (secondary N) is 1. The first-order valence-corrected chi connectivity index (χ1v) is 11.6. The molecule has 168 valence electrons. The van der Waals surface area contributed by atoms with Gasteiger partial charge in [-0.15, -0.1) is 0 Å². The van der Waals surface area contributed by atoms with Gasteiger partial charge in [-0.1, -0.05) is 63.8 Å². The second-order valence-corrected chi connectivity index (χ2v) is 8.12. The fourth-order valence-electron chi connectivity index (χ4n) is 4.30. The molecule has 5 nitrogen and oxygen atoms in total. The van der Waals surface area contributed by atoms with E-state index in [0.29, 0.717) is 18.7 Å². The number of ether oxygens (including phenoxy) is 2. The summed E-state index contributed by atoms with van der Waals surface area (Å²) >= 11 is 0. The molecule has 0 saturated heterocycles. The number of anilines is 1. The maximum absolute atomic E-state index is 13.4. The molecular formula is C26H36N2O3. The summed E-state index contributed by atoms with van der Waals surface area (Å²) < 4.78 is 11.3. The van der Waals surface area contributed by atoms with Crippen molar-refractivity contribution < 1.29 is 14.3 Å². The van der Waals surface area contributed by atoms with Gasteiger partial charge in [0.05, 0.1) is 18.8 Å². The maximum atomic E-state index is 13.4. The summed E-state index contributed by atoms with van der Waals surface area (Å²) in [5.41, 5.74) is 1.99. The number of para-hydroxylation sites is 1. The molecule has 1 amide bonds. The average Bonchev–Trinajstić information content (AvgIpc) is 2.81. The summed E-state index contributed by atoms with van der Waals surface area (Å²) in [5, 5.41) is 3.67. The minimum Gasteiger partial charge on any atom is -0.494 e. The molecule has 0 aromatic heterocycles. The van der Waals surface area contributed by atoms with Gasteiger partial charge in [-0.25, -0.2) is 0 Å². The third-order valence-electron chi connectivity index (χ3n) is 6.08. The van der Waals surface area contributed by atoms with Crippen LogP contribution in [0.5, 0.6) is 5.75 Å². The molecule has 0 saturated carbocycles. The maximum Gasteiger partial charge on any atom is 0.258 e. The first kappa shape index (κ1) is 23.1. The zero-order chi connectivity index (χ0) is 22.1. The number of carbonyl (C=O) groups excluding carboxylic acids is 1. The summed E-state index contributed by atoms with van der Waals surface area (Å²) in [4.78, 5) is 15.3. The highest BCUT2D eigenvalue weighted by Crippen LogP contribution is 2.40. The second-order valence-electron chi connectivity index (χ2n) is 8.12. The smallest absolute Gasteiger partial charge is 0.258 e. The van der Waals surface area contributed by atoms with Crippen molar-refractivity contribution in [2.45, 2.75) is 58.0 Å². The molecule has 3 rings (SSSR count). The van der Waals surface area contributed by atoms with E-state index in [4.69, 9.17) is 9.47 Å². The predicted molar refractivity (Wildman–Crippen MR) is 126 cm³/mol. The summed E-state index contributed by atoms with van der Waals surface area (Å²) in [7, 11) is 1.66. The molecule has 5 heteroatoms. The van der Waals surface area contributed by atoms with E-state index in [1.807, 2.05) is 41.3 Å². The van der Waals surface area contributed by atoms with Gasteiger partial charge in [0.1, 0.15) is 11.4 Å². The number of amides is 1. The molecule has 2 aromatic rings. The third-order valence-corrected chi connectivity index (χ3v) is 6.08. The number of methoxy groups -OCH3 is 1. The van der Waals surface area contributed by atoms with Crippen LogP contribution in [0.2, 0.25) is 0 Å². The number of fused-ring (bicyclic) bond motifs is 1. The van der Waals surface area contributed by atoms with E-state index in [9.17, 15) is 4.79 Å². The predicted octanol–water partition coefficient (Wildman–Crippen LogP) is 5.81. The molecule has 1 unspecified atom stereocenters. The van der Waals surface area contributed by atoms with Crippen LogP contribution in [-0.2, 0) is 10.4 Å². The van der Waals surface area contributed by atoms with Crippen LogP contribution in [0, 0.1) is 0 Å². The van der Waals surface area contributed by atoms with Crippen LogP contribution in [0.1, 0.15) is 68.3 Å². The number of hydrogen-bond donors (Lipinski definition) is 1.